The van der Waals surface area contributed by atoms with Crippen molar-refractivity contribution in [3.05, 3.63) is 55.2 Å². The van der Waals surface area contributed by atoms with Crippen LogP contribution < -0.4 is 13.8 Å². The van der Waals surface area contributed by atoms with E-state index in [0.717, 1.165) is 26.6 Å². The molecule has 0 unspecified atom stereocenters. The first-order valence-electron chi connectivity index (χ1n) is 13.2. The van der Waals surface area contributed by atoms with Gasteiger partial charge in [-0.05, 0) is 0 Å². The Labute approximate surface area is 209 Å². The van der Waals surface area contributed by atoms with E-state index in [0.29, 0.717) is 4.75 Å². The Hall–Kier alpha value is -1.44. The molecule has 6 heteroatoms. The monoisotopic (exact) mass is 546 g/mol. The SMILES string of the molecule is CCCCCC[C@@H](O[Si](C)(C)C)[C@@H](CCCCC)[Ge]([c]1ccco1)([c]1ccco1)[c]1ccco1. The molecule has 0 saturated carbocycles. The molecule has 3 aromatic rings. The van der Waals surface area contributed by atoms with Crippen molar-refractivity contribution in [3.8, 4) is 0 Å². The fourth-order valence-corrected chi connectivity index (χ4v) is 17.4. The fraction of sp³-hybridized carbons (Fsp3) is 0.571. The van der Waals surface area contributed by atoms with Crippen LogP contribution >= 0.6 is 0 Å². The van der Waals surface area contributed by atoms with Gasteiger partial charge in [0, 0.05) is 0 Å². The minimum absolute atomic E-state index is 0.167. The van der Waals surface area contributed by atoms with E-state index in [9.17, 15) is 0 Å². The van der Waals surface area contributed by atoms with E-state index in [1.165, 1.54) is 44.9 Å². The summed E-state index contributed by atoms with van der Waals surface area (Å²) in [6, 6.07) is 12.5. The molecular weight excluding hydrogens is 501 g/mol. The van der Waals surface area contributed by atoms with Crippen molar-refractivity contribution in [3.63, 3.8) is 0 Å². The van der Waals surface area contributed by atoms with E-state index < -0.39 is 21.6 Å². The van der Waals surface area contributed by atoms with Crippen molar-refractivity contribution in [1.29, 1.82) is 0 Å². The van der Waals surface area contributed by atoms with Gasteiger partial charge in [0.05, 0.1) is 0 Å². The van der Waals surface area contributed by atoms with Crippen molar-refractivity contribution in [2.75, 3.05) is 0 Å². The number of hydrogen-bond acceptors (Lipinski definition) is 4. The van der Waals surface area contributed by atoms with Gasteiger partial charge in [0.1, 0.15) is 0 Å². The summed E-state index contributed by atoms with van der Waals surface area (Å²) in [5.74, 6) is 0. The first-order chi connectivity index (χ1) is 16.4. The van der Waals surface area contributed by atoms with Gasteiger partial charge in [-0.25, -0.2) is 0 Å². The Balaban J connectivity index is 2.17. The Morgan fingerprint density at radius 2 is 1.18 bits per heavy atom. The van der Waals surface area contributed by atoms with E-state index >= 15 is 0 Å². The summed E-state index contributed by atoms with van der Waals surface area (Å²) in [5.41, 5.74) is 0. The molecule has 0 N–H and O–H groups in total. The van der Waals surface area contributed by atoms with E-state index in [1.807, 2.05) is 18.2 Å². The normalized spacial score (nSPS) is 14.4. The second-order valence-electron chi connectivity index (χ2n) is 10.5. The summed E-state index contributed by atoms with van der Waals surface area (Å²) >= 11 is -3.52. The van der Waals surface area contributed by atoms with Crippen LogP contribution in [0.25, 0.3) is 0 Å². The average Bonchev–Trinajstić information content (AvgIpc) is 3.58. The number of furan rings is 3. The molecular formula is C28H44GeO4Si. The molecule has 0 aliphatic carbocycles. The van der Waals surface area contributed by atoms with Crippen LogP contribution in [0, 0.1) is 0 Å². The Kier molecular flexibility index (Phi) is 10.4. The zero-order valence-electron chi connectivity index (χ0n) is 21.8. The molecule has 0 amide bonds. The van der Waals surface area contributed by atoms with Crippen LogP contribution in [0.3, 0.4) is 0 Å². The molecule has 4 nitrogen and oxygen atoms in total. The molecule has 3 aromatic heterocycles. The van der Waals surface area contributed by atoms with Crippen LogP contribution in [-0.2, 0) is 4.43 Å². The molecule has 3 rings (SSSR count). The average molecular weight is 545 g/mol. The summed E-state index contributed by atoms with van der Waals surface area (Å²) in [5, 5.41) is 0. The third-order valence-electron chi connectivity index (χ3n) is 6.70. The molecule has 0 spiro atoms. The number of hydrogen-bond donors (Lipinski definition) is 0. The van der Waals surface area contributed by atoms with Gasteiger partial charge in [0.25, 0.3) is 0 Å². The van der Waals surface area contributed by atoms with Gasteiger partial charge >= 0.3 is 210 Å². The standard InChI is InChI=1S/C28H44GeO4Si/c1-6-8-10-12-17-25(33-34(3,4)5)24(16-11-9-7-2)29(26-18-13-21-30-26,27-19-14-22-31-27)28-20-15-23-32-28/h13-15,18-25H,6-12,16-17H2,1-5H3/t24-,25-/m1/s1. The summed E-state index contributed by atoms with van der Waals surface area (Å²) < 4.78 is 29.3. The van der Waals surface area contributed by atoms with Gasteiger partial charge in [-0.2, -0.15) is 0 Å². The molecule has 0 aromatic carbocycles. The van der Waals surface area contributed by atoms with Crippen molar-refractivity contribution in [2.45, 2.75) is 102 Å². The summed E-state index contributed by atoms with van der Waals surface area (Å²) in [7, 11) is -1.79. The van der Waals surface area contributed by atoms with E-state index in [4.69, 9.17) is 17.7 Å². The summed E-state index contributed by atoms with van der Waals surface area (Å²) in [6.07, 6.45) is 16.3. The maximum absolute atomic E-state index is 7.07. The molecule has 0 bridgehead atoms. The molecule has 0 radical (unpaired) electrons. The van der Waals surface area contributed by atoms with Crippen molar-refractivity contribution in [1.82, 2.24) is 0 Å². The quantitative estimate of drug-likeness (QED) is 0.143. The van der Waals surface area contributed by atoms with Gasteiger partial charge in [0.2, 0.25) is 0 Å². The fourth-order valence-electron chi connectivity index (χ4n) is 5.29. The molecule has 3 heterocycles. The molecule has 0 fully saturated rings. The van der Waals surface area contributed by atoms with Crippen molar-refractivity contribution in [2.24, 2.45) is 0 Å². The van der Waals surface area contributed by atoms with Crippen LogP contribution in [0.15, 0.2) is 68.4 Å². The van der Waals surface area contributed by atoms with Gasteiger partial charge in [0.15, 0.2) is 0 Å². The first-order valence-corrected chi connectivity index (χ1v) is 21.0. The molecule has 0 saturated heterocycles. The molecule has 0 aliphatic heterocycles. The number of rotatable bonds is 16. The van der Waals surface area contributed by atoms with Gasteiger partial charge < -0.3 is 0 Å². The Morgan fingerprint density at radius 1 is 0.706 bits per heavy atom. The third-order valence-corrected chi connectivity index (χ3v) is 18.1. The van der Waals surface area contributed by atoms with Crippen LogP contribution in [0.5, 0.6) is 0 Å². The summed E-state index contributed by atoms with van der Waals surface area (Å²) in [4.78, 5) is 0. The maximum atomic E-state index is 7.07. The first kappa shape index (κ1) is 27.2. The molecule has 2 atom stereocenters. The van der Waals surface area contributed by atoms with Gasteiger partial charge in [-0.3, -0.25) is 0 Å². The number of unbranched alkanes of at least 4 members (excludes halogenated alkanes) is 5. The molecule has 0 aliphatic rings. The van der Waals surface area contributed by atoms with E-state index in [-0.39, 0.29) is 6.10 Å². The zero-order valence-corrected chi connectivity index (χ0v) is 24.9. The molecule has 188 valence electrons. The van der Waals surface area contributed by atoms with Gasteiger partial charge in [-0.1, -0.05) is 0 Å². The van der Waals surface area contributed by atoms with Gasteiger partial charge in [-0.15, -0.1) is 0 Å². The summed E-state index contributed by atoms with van der Waals surface area (Å²) in [6.45, 7) is 11.5. The second-order valence-corrected chi connectivity index (χ2v) is 23.0. The van der Waals surface area contributed by atoms with Crippen LogP contribution in [0.2, 0.25) is 24.4 Å². The van der Waals surface area contributed by atoms with E-state index in [1.54, 1.807) is 18.8 Å². The zero-order chi connectivity index (χ0) is 24.4. The second kappa shape index (κ2) is 13.0. The van der Waals surface area contributed by atoms with Crippen molar-refractivity contribution >= 4 is 35.4 Å². The molecule has 34 heavy (non-hydrogen) atoms. The Morgan fingerprint density at radius 3 is 1.59 bits per heavy atom. The van der Waals surface area contributed by atoms with Crippen LogP contribution in [-0.4, -0.2) is 27.7 Å². The predicted octanol–water partition coefficient (Wildman–Crippen LogP) is 7.08. The minimum atomic E-state index is -3.52. The third kappa shape index (κ3) is 6.61. The van der Waals surface area contributed by atoms with E-state index in [2.05, 4.69) is 51.7 Å². The van der Waals surface area contributed by atoms with Crippen LogP contribution in [0.4, 0.5) is 0 Å². The Bertz CT molecular complexity index is 813. The van der Waals surface area contributed by atoms with Crippen molar-refractivity contribution < 1.29 is 17.7 Å². The van der Waals surface area contributed by atoms with Crippen LogP contribution in [0.1, 0.15) is 71.6 Å². The predicted molar refractivity (Wildman–Crippen MR) is 146 cm³/mol. The topological polar surface area (TPSA) is 48.7 Å².